The molecule has 1 atom stereocenters. The first-order valence-electron chi connectivity index (χ1n) is 6.28. The van der Waals surface area contributed by atoms with Gasteiger partial charge < -0.3 is 9.84 Å². The predicted molar refractivity (Wildman–Crippen MR) is 80.5 cm³/mol. The van der Waals surface area contributed by atoms with E-state index in [-0.39, 0.29) is 12.2 Å². The molecule has 2 rings (SSSR count). The van der Waals surface area contributed by atoms with Gasteiger partial charge in [0, 0.05) is 10.9 Å². The van der Waals surface area contributed by atoms with Crippen molar-refractivity contribution in [1.82, 2.24) is 0 Å². The lowest BCUT2D eigenvalue weighted by molar-refractivity contribution is 0.176. The first-order valence-corrected chi connectivity index (χ1v) is 7.07. The Hall–Kier alpha value is -1.39. The molecule has 0 heterocycles. The second kappa shape index (κ2) is 6.37. The predicted octanol–water partition coefficient (Wildman–Crippen LogP) is 4.18. The van der Waals surface area contributed by atoms with Crippen LogP contribution in [-0.4, -0.2) is 12.2 Å². The number of aliphatic hydroxyl groups excluding tert-OH is 1. The summed E-state index contributed by atoms with van der Waals surface area (Å²) < 4.78 is 19.7. The molecule has 2 aromatic rings. The van der Waals surface area contributed by atoms with Crippen molar-refractivity contribution in [2.45, 2.75) is 19.4 Å². The van der Waals surface area contributed by atoms with Crippen LogP contribution in [0.2, 0.25) is 0 Å². The minimum Gasteiger partial charge on any atom is -0.496 e. The lowest BCUT2D eigenvalue weighted by Gasteiger charge is -2.14. The second-order valence-electron chi connectivity index (χ2n) is 4.68. The molecule has 0 saturated carbocycles. The van der Waals surface area contributed by atoms with Gasteiger partial charge in [0.15, 0.2) is 0 Å². The normalized spacial score (nSPS) is 12.2. The Balaban J connectivity index is 2.23. The summed E-state index contributed by atoms with van der Waals surface area (Å²) in [7, 11) is 1.59. The molecule has 4 heteroatoms. The van der Waals surface area contributed by atoms with Gasteiger partial charge in [-0.25, -0.2) is 4.39 Å². The van der Waals surface area contributed by atoms with Gasteiger partial charge in [-0.1, -0.05) is 28.1 Å². The van der Waals surface area contributed by atoms with E-state index in [0.29, 0.717) is 11.1 Å². The van der Waals surface area contributed by atoms with Crippen LogP contribution < -0.4 is 4.74 Å². The third-order valence-electron chi connectivity index (χ3n) is 3.24. The Morgan fingerprint density at radius 1 is 1.25 bits per heavy atom. The molecule has 0 aromatic heterocycles. The van der Waals surface area contributed by atoms with Crippen molar-refractivity contribution in [3.8, 4) is 5.75 Å². The maximum Gasteiger partial charge on any atom is 0.126 e. The van der Waals surface area contributed by atoms with Gasteiger partial charge in [-0.2, -0.15) is 0 Å². The molecule has 0 saturated heterocycles. The second-order valence-corrected chi connectivity index (χ2v) is 5.60. The Labute approximate surface area is 126 Å². The smallest absolute Gasteiger partial charge is 0.126 e. The molecule has 0 aliphatic carbocycles. The third kappa shape index (κ3) is 3.38. The van der Waals surface area contributed by atoms with E-state index in [1.54, 1.807) is 25.3 Å². The Kier molecular flexibility index (Phi) is 4.78. The van der Waals surface area contributed by atoms with Crippen molar-refractivity contribution in [2.24, 2.45) is 0 Å². The van der Waals surface area contributed by atoms with Crippen LogP contribution >= 0.6 is 15.9 Å². The Morgan fingerprint density at radius 2 is 2.00 bits per heavy atom. The standard InChI is InChI=1S/C16H16BrFO2/c1-10-3-4-11(9-16(10)20-2)15(19)8-12-7-13(17)5-6-14(12)18/h3-7,9,15,19H,8H2,1-2H3. The summed E-state index contributed by atoms with van der Waals surface area (Å²) >= 11 is 3.31. The van der Waals surface area contributed by atoms with Crippen molar-refractivity contribution in [3.05, 3.63) is 63.4 Å². The van der Waals surface area contributed by atoms with Gasteiger partial charge in [0.25, 0.3) is 0 Å². The number of hydrogen-bond donors (Lipinski definition) is 1. The van der Waals surface area contributed by atoms with E-state index in [2.05, 4.69) is 15.9 Å². The fraction of sp³-hybridized carbons (Fsp3) is 0.250. The molecule has 0 radical (unpaired) electrons. The highest BCUT2D eigenvalue weighted by Crippen LogP contribution is 2.27. The molecular weight excluding hydrogens is 323 g/mol. The number of ether oxygens (including phenoxy) is 1. The lowest BCUT2D eigenvalue weighted by atomic mass is 10.00. The fourth-order valence-electron chi connectivity index (χ4n) is 2.07. The fourth-order valence-corrected chi connectivity index (χ4v) is 2.48. The first kappa shape index (κ1) is 15.0. The molecule has 106 valence electrons. The molecule has 0 amide bonds. The zero-order chi connectivity index (χ0) is 14.7. The molecule has 1 unspecified atom stereocenters. The minimum atomic E-state index is -0.770. The van der Waals surface area contributed by atoms with Crippen LogP contribution in [0.3, 0.4) is 0 Å². The van der Waals surface area contributed by atoms with Crippen molar-refractivity contribution in [1.29, 1.82) is 0 Å². The van der Waals surface area contributed by atoms with Gasteiger partial charge in [-0.15, -0.1) is 0 Å². The summed E-state index contributed by atoms with van der Waals surface area (Å²) in [5.74, 6) is 0.405. The average molecular weight is 339 g/mol. The average Bonchev–Trinajstić information content (AvgIpc) is 2.43. The number of rotatable bonds is 4. The number of halogens is 2. The lowest BCUT2D eigenvalue weighted by Crippen LogP contribution is -2.04. The minimum absolute atomic E-state index is 0.220. The van der Waals surface area contributed by atoms with Gasteiger partial charge in [0.1, 0.15) is 11.6 Å². The van der Waals surface area contributed by atoms with Crippen molar-refractivity contribution in [3.63, 3.8) is 0 Å². The highest BCUT2D eigenvalue weighted by atomic mass is 79.9. The summed E-state index contributed by atoms with van der Waals surface area (Å²) in [4.78, 5) is 0. The van der Waals surface area contributed by atoms with E-state index in [9.17, 15) is 9.50 Å². The van der Waals surface area contributed by atoms with Crippen LogP contribution in [0.25, 0.3) is 0 Å². The van der Waals surface area contributed by atoms with E-state index >= 15 is 0 Å². The third-order valence-corrected chi connectivity index (χ3v) is 3.73. The summed E-state index contributed by atoms with van der Waals surface area (Å²) in [5.41, 5.74) is 2.19. The largest absolute Gasteiger partial charge is 0.496 e. The van der Waals surface area contributed by atoms with E-state index in [1.807, 2.05) is 19.1 Å². The maximum absolute atomic E-state index is 13.7. The number of benzene rings is 2. The summed E-state index contributed by atoms with van der Waals surface area (Å²) in [5, 5.41) is 10.3. The Morgan fingerprint density at radius 3 is 2.70 bits per heavy atom. The molecular formula is C16H16BrFO2. The molecule has 0 spiro atoms. The highest BCUT2D eigenvalue weighted by Gasteiger charge is 2.13. The molecule has 2 nitrogen and oxygen atoms in total. The molecule has 2 aromatic carbocycles. The van der Waals surface area contributed by atoms with E-state index < -0.39 is 6.10 Å². The molecule has 20 heavy (non-hydrogen) atoms. The monoisotopic (exact) mass is 338 g/mol. The summed E-state index contributed by atoms with van der Waals surface area (Å²) in [6.45, 7) is 1.93. The number of hydrogen-bond acceptors (Lipinski definition) is 2. The molecule has 0 bridgehead atoms. The van der Waals surface area contributed by atoms with Crippen LogP contribution in [0.15, 0.2) is 40.9 Å². The van der Waals surface area contributed by atoms with E-state index in [0.717, 1.165) is 15.8 Å². The van der Waals surface area contributed by atoms with Crippen molar-refractivity contribution >= 4 is 15.9 Å². The summed E-state index contributed by atoms with van der Waals surface area (Å²) in [6.07, 6.45) is -0.550. The van der Waals surface area contributed by atoms with Gasteiger partial charge >= 0.3 is 0 Å². The van der Waals surface area contributed by atoms with Gasteiger partial charge in [0.05, 0.1) is 13.2 Å². The number of aliphatic hydroxyl groups is 1. The Bertz CT molecular complexity index is 613. The van der Waals surface area contributed by atoms with Crippen LogP contribution in [0.5, 0.6) is 5.75 Å². The van der Waals surface area contributed by atoms with Gasteiger partial charge in [0.2, 0.25) is 0 Å². The zero-order valence-corrected chi connectivity index (χ0v) is 12.9. The van der Waals surface area contributed by atoms with Gasteiger partial charge in [-0.3, -0.25) is 0 Å². The van der Waals surface area contributed by atoms with E-state index in [4.69, 9.17) is 4.74 Å². The van der Waals surface area contributed by atoms with E-state index in [1.165, 1.54) is 6.07 Å². The maximum atomic E-state index is 13.7. The van der Waals surface area contributed by atoms with Crippen LogP contribution in [0.1, 0.15) is 22.8 Å². The van der Waals surface area contributed by atoms with Gasteiger partial charge in [-0.05, 0) is 47.9 Å². The zero-order valence-electron chi connectivity index (χ0n) is 11.4. The van der Waals surface area contributed by atoms with Crippen LogP contribution in [-0.2, 0) is 6.42 Å². The molecule has 0 aliphatic heterocycles. The summed E-state index contributed by atoms with van der Waals surface area (Å²) in [6, 6.07) is 10.2. The quantitative estimate of drug-likeness (QED) is 0.905. The van der Waals surface area contributed by atoms with Crippen LogP contribution in [0.4, 0.5) is 4.39 Å². The molecule has 0 fully saturated rings. The highest BCUT2D eigenvalue weighted by molar-refractivity contribution is 9.10. The SMILES string of the molecule is COc1cc(C(O)Cc2cc(Br)ccc2F)ccc1C. The number of methoxy groups -OCH3 is 1. The number of aryl methyl sites for hydroxylation is 1. The van der Waals surface area contributed by atoms with Crippen molar-refractivity contribution in [2.75, 3.05) is 7.11 Å². The molecule has 0 aliphatic rings. The van der Waals surface area contributed by atoms with Crippen molar-refractivity contribution < 1.29 is 14.2 Å². The topological polar surface area (TPSA) is 29.5 Å². The molecule has 1 N–H and O–H groups in total. The van der Waals surface area contributed by atoms with Crippen LogP contribution in [0, 0.1) is 12.7 Å². The first-order chi connectivity index (χ1) is 9.51.